The van der Waals surface area contributed by atoms with Gasteiger partial charge in [0.2, 0.25) is 11.8 Å². The van der Waals surface area contributed by atoms with Gasteiger partial charge in [-0.25, -0.2) is 0 Å². The molecule has 0 saturated carbocycles. The fourth-order valence-corrected chi connectivity index (χ4v) is 5.37. The second-order valence-electron chi connectivity index (χ2n) is 12.2. The minimum Gasteiger partial charge on any atom is -0.480 e. The van der Waals surface area contributed by atoms with Crippen LogP contribution in [0, 0.1) is 5.92 Å². The molecule has 1 atom stereocenters. The number of hydrogen-bond donors (Lipinski definition) is 4. The number of aromatic nitrogens is 8. The van der Waals surface area contributed by atoms with Gasteiger partial charge >= 0.3 is 5.97 Å². The maximum Gasteiger partial charge on any atom is 0.323 e. The Bertz CT molecular complexity index is 1080. The summed E-state index contributed by atoms with van der Waals surface area (Å²) in [5.41, 5.74) is 0. The number of carbonyl (C=O) groups excluding carboxylic acids is 3. The van der Waals surface area contributed by atoms with Crippen molar-refractivity contribution in [2.45, 2.75) is 135 Å². The monoisotopic (exact) mass is 646 g/mol. The Morgan fingerprint density at radius 2 is 1.22 bits per heavy atom. The highest BCUT2D eigenvalue weighted by molar-refractivity contribution is 5.87. The fraction of sp³-hybridized carbons (Fsp3) is 0.806. The van der Waals surface area contributed by atoms with Crippen molar-refractivity contribution in [3.05, 3.63) is 11.6 Å². The smallest absolute Gasteiger partial charge is 0.323 e. The summed E-state index contributed by atoms with van der Waals surface area (Å²) in [6, 6.07) is 0. The minimum absolute atomic E-state index is 0.0119. The van der Waals surface area contributed by atoms with Crippen LogP contribution < -0.4 is 5.32 Å². The SMILES string of the molecule is CC(=O)[C@@H](C)CCCCNC(=O)CN(CC(=O)O)C(=O)CCCCCCCCCCCCCCCC(c1nn[nH]n1)c1nn[nH]n1. The molecule has 0 aliphatic carbocycles. The lowest BCUT2D eigenvalue weighted by Gasteiger charge is -2.20. The van der Waals surface area contributed by atoms with Gasteiger partial charge in [0.05, 0.1) is 5.92 Å². The van der Waals surface area contributed by atoms with Crippen LogP contribution in [0.1, 0.15) is 147 Å². The molecule has 46 heavy (non-hydrogen) atoms. The van der Waals surface area contributed by atoms with Crippen molar-refractivity contribution in [1.29, 1.82) is 0 Å². The first kappa shape index (κ1) is 38.4. The molecule has 15 heteroatoms. The number of aromatic amines is 2. The number of unbranched alkanes of at least 4 members (excludes halogenated alkanes) is 13. The Kier molecular flexibility index (Phi) is 19.7. The predicted octanol–water partition coefficient (Wildman–Crippen LogP) is 4.12. The molecule has 0 aromatic carbocycles. The number of carbonyl (C=O) groups is 4. The number of carboxylic acid groups (broad SMARTS) is 1. The lowest BCUT2D eigenvalue weighted by atomic mass is 9.98. The zero-order valence-electron chi connectivity index (χ0n) is 27.7. The van der Waals surface area contributed by atoms with E-state index < -0.39 is 12.5 Å². The zero-order valence-corrected chi connectivity index (χ0v) is 27.7. The van der Waals surface area contributed by atoms with Crippen molar-refractivity contribution in [2.24, 2.45) is 5.92 Å². The van der Waals surface area contributed by atoms with E-state index in [1.165, 1.54) is 44.9 Å². The number of H-pyrrole nitrogens is 2. The Morgan fingerprint density at radius 1 is 0.717 bits per heavy atom. The number of amides is 2. The predicted molar refractivity (Wildman–Crippen MR) is 170 cm³/mol. The van der Waals surface area contributed by atoms with Gasteiger partial charge in [-0.1, -0.05) is 101 Å². The number of nitrogens with zero attached hydrogens (tertiary/aromatic N) is 7. The second kappa shape index (κ2) is 23.5. The van der Waals surface area contributed by atoms with Gasteiger partial charge in [-0.3, -0.25) is 19.2 Å². The van der Waals surface area contributed by atoms with Gasteiger partial charge in [0.15, 0.2) is 11.6 Å². The molecule has 0 radical (unpaired) electrons. The Balaban J connectivity index is 1.44. The van der Waals surface area contributed by atoms with Gasteiger partial charge < -0.3 is 15.3 Å². The van der Waals surface area contributed by atoms with Crippen molar-refractivity contribution < 1.29 is 24.3 Å². The largest absolute Gasteiger partial charge is 0.480 e. The van der Waals surface area contributed by atoms with Crippen LogP contribution in [-0.2, 0) is 19.2 Å². The summed E-state index contributed by atoms with van der Waals surface area (Å²) in [6.07, 6.45) is 17.9. The van der Waals surface area contributed by atoms with E-state index in [-0.39, 0.29) is 42.4 Å². The molecule has 0 fully saturated rings. The summed E-state index contributed by atoms with van der Waals surface area (Å²) < 4.78 is 0. The van der Waals surface area contributed by atoms with Crippen LogP contribution >= 0.6 is 0 Å². The molecule has 2 amide bonds. The molecule has 0 spiro atoms. The second-order valence-corrected chi connectivity index (χ2v) is 12.2. The number of carboxylic acids is 1. The van der Waals surface area contributed by atoms with Crippen molar-refractivity contribution in [3.8, 4) is 0 Å². The van der Waals surface area contributed by atoms with Gasteiger partial charge in [0, 0.05) is 18.9 Å². The van der Waals surface area contributed by atoms with Crippen molar-refractivity contribution in [2.75, 3.05) is 19.6 Å². The average Bonchev–Trinajstić information content (AvgIpc) is 3.75. The minimum atomic E-state index is -1.13. The lowest BCUT2D eigenvalue weighted by Crippen LogP contribution is -2.43. The molecular formula is C31H54N10O5. The first-order valence-corrected chi connectivity index (χ1v) is 17.0. The number of rotatable bonds is 28. The Labute approximate surface area is 271 Å². The van der Waals surface area contributed by atoms with E-state index in [0.29, 0.717) is 24.6 Å². The highest BCUT2D eigenvalue weighted by Crippen LogP contribution is 2.24. The third kappa shape index (κ3) is 17.1. The first-order chi connectivity index (χ1) is 22.3. The number of Topliss-reactive ketones (excluding diaryl/α,β-unsaturated/α-hetero) is 1. The fourth-order valence-electron chi connectivity index (χ4n) is 5.37. The van der Waals surface area contributed by atoms with E-state index in [9.17, 15) is 24.3 Å². The summed E-state index contributed by atoms with van der Waals surface area (Å²) in [6.45, 7) is 3.17. The van der Waals surface area contributed by atoms with E-state index in [4.69, 9.17) is 0 Å². The van der Waals surface area contributed by atoms with Crippen molar-refractivity contribution >= 4 is 23.6 Å². The molecule has 4 N–H and O–H groups in total. The van der Waals surface area contributed by atoms with E-state index in [2.05, 4.69) is 46.6 Å². The number of ketones is 1. The summed E-state index contributed by atoms with van der Waals surface area (Å²) in [5, 5.41) is 40.6. The Hall–Kier alpha value is -3.78. The summed E-state index contributed by atoms with van der Waals surface area (Å²) >= 11 is 0. The molecular weight excluding hydrogens is 592 g/mol. The molecule has 2 rings (SSSR count). The van der Waals surface area contributed by atoms with Gasteiger partial charge in [0.25, 0.3) is 0 Å². The van der Waals surface area contributed by atoms with Crippen molar-refractivity contribution in [3.63, 3.8) is 0 Å². The molecule has 0 aliphatic rings. The average molecular weight is 647 g/mol. The van der Waals surface area contributed by atoms with E-state index in [1.807, 2.05) is 6.92 Å². The third-order valence-electron chi connectivity index (χ3n) is 8.32. The van der Waals surface area contributed by atoms with Crippen LogP contribution in [0.2, 0.25) is 0 Å². The molecule has 0 bridgehead atoms. The molecule has 0 saturated heterocycles. The number of hydrogen-bond acceptors (Lipinski definition) is 10. The maximum absolute atomic E-state index is 12.6. The van der Waals surface area contributed by atoms with Gasteiger partial charge in [0.1, 0.15) is 18.9 Å². The highest BCUT2D eigenvalue weighted by atomic mass is 16.4. The highest BCUT2D eigenvalue weighted by Gasteiger charge is 2.22. The molecule has 0 unspecified atom stereocenters. The van der Waals surface area contributed by atoms with Gasteiger partial charge in [-0.05, 0) is 32.6 Å². The topological polar surface area (TPSA) is 213 Å². The Morgan fingerprint density at radius 3 is 1.70 bits per heavy atom. The first-order valence-electron chi connectivity index (χ1n) is 17.0. The van der Waals surface area contributed by atoms with Crippen LogP contribution in [0.15, 0.2) is 0 Å². The summed E-state index contributed by atoms with van der Waals surface area (Å²) in [4.78, 5) is 48.6. The van der Waals surface area contributed by atoms with Gasteiger partial charge in [-0.2, -0.15) is 10.4 Å². The van der Waals surface area contributed by atoms with Crippen LogP contribution in [0.25, 0.3) is 0 Å². The molecule has 2 aromatic heterocycles. The van der Waals surface area contributed by atoms with Crippen LogP contribution in [-0.4, -0.2) is 94.5 Å². The van der Waals surface area contributed by atoms with E-state index in [0.717, 1.165) is 62.7 Å². The van der Waals surface area contributed by atoms with Crippen LogP contribution in [0.3, 0.4) is 0 Å². The quantitative estimate of drug-likeness (QED) is 0.0965. The molecule has 0 aliphatic heterocycles. The lowest BCUT2D eigenvalue weighted by molar-refractivity contribution is -0.146. The summed E-state index contributed by atoms with van der Waals surface area (Å²) in [5.74, 6) is -0.537. The van der Waals surface area contributed by atoms with Crippen molar-refractivity contribution in [1.82, 2.24) is 51.5 Å². The number of tetrazole rings is 2. The van der Waals surface area contributed by atoms with E-state index in [1.54, 1.807) is 6.92 Å². The normalized spacial score (nSPS) is 11.9. The van der Waals surface area contributed by atoms with E-state index >= 15 is 0 Å². The third-order valence-corrected chi connectivity index (χ3v) is 8.32. The summed E-state index contributed by atoms with van der Waals surface area (Å²) in [7, 11) is 0. The standard InChI is InChI=1S/C31H54N10O5/c1-24(25(2)42)18-16-17-21-32-27(43)22-41(23-29(45)46)28(44)20-15-13-11-9-7-5-3-4-6-8-10-12-14-19-26(30-33-37-38-34-30)31-35-39-40-36-31/h24,26H,3-23H2,1-2H3,(H,32,43)(H,45,46)(H,33,34,37,38)(H,35,36,39,40)/t24-/m0/s1. The molecule has 15 nitrogen and oxygen atoms in total. The molecule has 2 heterocycles. The molecule has 258 valence electrons. The maximum atomic E-state index is 12.6. The van der Waals surface area contributed by atoms with Gasteiger partial charge in [-0.15, -0.1) is 20.4 Å². The molecule has 2 aromatic rings. The van der Waals surface area contributed by atoms with Crippen LogP contribution in [0.4, 0.5) is 0 Å². The number of aliphatic carboxylic acids is 1. The number of nitrogens with one attached hydrogen (secondary N) is 3. The zero-order chi connectivity index (χ0) is 33.4. The van der Waals surface area contributed by atoms with Crippen LogP contribution in [0.5, 0.6) is 0 Å².